The van der Waals surface area contributed by atoms with Gasteiger partial charge in [0, 0.05) is 11.6 Å². The molecule has 0 saturated heterocycles. The van der Waals surface area contributed by atoms with Gasteiger partial charge in [-0.2, -0.15) is 0 Å². The summed E-state index contributed by atoms with van der Waals surface area (Å²) in [4.78, 5) is 13.6. The zero-order valence-electron chi connectivity index (χ0n) is 8.83. The summed E-state index contributed by atoms with van der Waals surface area (Å²) in [6, 6.07) is 12.4. The highest BCUT2D eigenvalue weighted by molar-refractivity contribution is 5.42. The Morgan fingerprint density at radius 2 is 1.71 bits per heavy atom. The first kappa shape index (κ1) is 10.8. The predicted molar refractivity (Wildman–Crippen MR) is 63.3 cm³/mol. The lowest BCUT2D eigenvalue weighted by atomic mass is 10.2. The summed E-state index contributed by atoms with van der Waals surface area (Å²) < 4.78 is 0. The van der Waals surface area contributed by atoms with Gasteiger partial charge in [-0.25, -0.2) is 0 Å². The first-order chi connectivity index (χ1) is 8.25. The highest BCUT2D eigenvalue weighted by atomic mass is 16.6. The summed E-state index contributed by atoms with van der Waals surface area (Å²) in [5.41, 5.74) is 1.55. The second-order valence-corrected chi connectivity index (χ2v) is 3.28. The molecule has 0 radical (unpaired) electrons. The summed E-state index contributed by atoms with van der Waals surface area (Å²) >= 11 is 0. The van der Waals surface area contributed by atoms with Crippen LogP contribution in [0.1, 0.15) is 11.1 Å². The van der Waals surface area contributed by atoms with Crippen LogP contribution < -0.4 is 0 Å². The standard InChI is InChI=1S/C13H8N2O2/c16-15(17)13-9-8-12(10-14-13)7-6-11-4-2-1-3-5-11/h1-5,8-10H. The molecule has 0 aliphatic rings. The van der Waals surface area contributed by atoms with Gasteiger partial charge in [0.2, 0.25) is 0 Å². The Labute approximate surface area is 98.1 Å². The van der Waals surface area contributed by atoms with E-state index in [4.69, 9.17) is 0 Å². The van der Waals surface area contributed by atoms with Gasteiger partial charge in [-0.15, -0.1) is 0 Å². The Bertz CT molecular complexity index is 580. The summed E-state index contributed by atoms with van der Waals surface area (Å²) in [6.45, 7) is 0. The first-order valence-corrected chi connectivity index (χ1v) is 4.93. The van der Waals surface area contributed by atoms with Crippen molar-refractivity contribution in [2.45, 2.75) is 0 Å². The van der Waals surface area contributed by atoms with E-state index in [9.17, 15) is 10.1 Å². The summed E-state index contributed by atoms with van der Waals surface area (Å²) in [5.74, 6) is 5.67. The number of nitro groups is 1. The van der Waals surface area contributed by atoms with E-state index in [0.29, 0.717) is 5.56 Å². The van der Waals surface area contributed by atoms with Gasteiger partial charge in [0.25, 0.3) is 0 Å². The maximum Gasteiger partial charge on any atom is 0.363 e. The van der Waals surface area contributed by atoms with Gasteiger partial charge in [-0.05, 0) is 28.1 Å². The summed E-state index contributed by atoms with van der Waals surface area (Å²) in [6.07, 6.45) is 1.40. The lowest BCUT2D eigenvalue weighted by Gasteiger charge is -1.90. The quantitative estimate of drug-likeness (QED) is 0.424. The molecule has 0 unspecified atom stereocenters. The maximum atomic E-state index is 10.4. The lowest BCUT2D eigenvalue weighted by molar-refractivity contribution is -0.389. The van der Waals surface area contributed by atoms with E-state index in [-0.39, 0.29) is 5.82 Å². The summed E-state index contributed by atoms with van der Waals surface area (Å²) in [5, 5.41) is 10.4. The Balaban J connectivity index is 2.20. The predicted octanol–water partition coefficient (Wildman–Crippen LogP) is 2.39. The Morgan fingerprint density at radius 1 is 1.00 bits per heavy atom. The van der Waals surface area contributed by atoms with E-state index >= 15 is 0 Å². The molecule has 0 aliphatic heterocycles. The maximum absolute atomic E-state index is 10.4. The number of nitrogens with zero attached hydrogens (tertiary/aromatic N) is 2. The Kier molecular flexibility index (Phi) is 3.13. The van der Waals surface area contributed by atoms with Crippen LogP contribution in [0.2, 0.25) is 0 Å². The molecule has 2 aromatic rings. The highest BCUT2D eigenvalue weighted by Crippen LogP contribution is 2.06. The fourth-order valence-corrected chi connectivity index (χ4v) is 1.23. The molecule has 2 rings (SSSR count). The van der Waals surface area contributed by atoms with Crippen LogP contribution in [0.3, 0.4) is 0 Å². The molecule has 0 amide bonds. The molecule has 0 atom stereocenters. The van der Waals surface area contributed by atoms with Crippen LogP contribution >= 0.6 is 0 Å². The van der Waals surface area contributed by atoms with Crippen molar-refractivity contribution in [3.8, 4) is 11.8 Å². The molecule has 4 heteroatoms. The van der Waals surface area contributed by atoms with Crippen molar-refractivity contribution in [3.05, 3.63) is 69.9 Å². The van der Waals surface area contributed by atoms with E-state index in [1.54, 1.807) is 6.07 Å². The van der Waals surface area contributed by atoms with Crippen molar-refractivity contribution in [3.63, 3.8) is 0 Å². The number of aromatic nitrogens is 1. The van der Waals surface area contributed by atoms with Gasteiger partial charge < -0.3 is 10.1 Å². The van der Waals surface area contributed by atoms with Crippen LogP contribution in [-0.2, 0) is 0 Å². The lowest BCUT2D eigenvalue weighted by Crippen LogP contribution is -1.91. The summed E-state index contributed by atoms with van der Waals surface area (Å²) in [7, 11) is 0. The first-order valence-electron chi connectivity index (χ1n) is 4.93. The van der Waals surface area contributed by atoms with Gasteiger partial charge in [0.1, 0.15) is 0 Å². The molecular formula is C13H8N2O2. The number of pyridine rings is 1. The minimum absolute atomic E-state index is 0.171. The van der Waals surface area contributed by atoms with Crippen LogP contribution in [0.25, 0.3) is 0 Å². The fraction of sp³-hybridized carbons (Fsp3) is 0. The molecule has 0 aliphatic carbocycles. The van der Waals surface area contributed by atoms with Gasteiger partial charge in [-0.1, -0.05) is 30.0 Å². The minimum Gasteiger partial charge on any atom is -0.358 e. The molecule has 1 aromatic heterocycles. The smallest absolute Gasteiger partial charge is 0.358 e. The molecule has 0 spiro atoms. The molecule has 82 valence electrons. The van der Waals surface area contributed by atoms with E-state index in [0.717, 1.165) is 5.56 Å². The molecule has 0 fully saturated rings. The average molecular weight is 224 g/mol. The molecular weight excluding hydrogens is 216 g/mol. The van der Waals surface area contributed by atoms with E-state index in [1.807, 2.05) is 30.3 Å². The third-order valence-electron chi connectivity index (χ3n) is 2.06. The number of benzene rings is 1. The van der Waals surface area contributed by atoms with E-state index < -0.39 is 4.92 Å². The minimum atomic E-state index is -0.533. The second kappa shape index (κ2) is 4.90. The molecule has 1 heterocycles. The van der Waals surface area contributed by atoms with Crippen molar-refractivity contribution in [1.82, 2.24) is 4.98 Å². The molecule has 17 heavy (non-hydrogen) atoms. The normalized spacial score (nSPS) is 9.18. The van der Waals surface area contributed by atoms with Crippen LogP contribution in [0.15, 0.2) is 48.7 Å². The third kappa shape index (κ3) is 2.89. The van der Waals surface area contributed by atoms with Gasteiger partial charge in [0.15, 0.2) is 6.20 Å². The zero-order valence-corrected chi connectivity index (χ0v) is 8.83. The van der Waals surface area contributed by atoms with Crippen molar-refractivity contribution in [2.24, 2.45) is 0 Å². The Hall–Kier alpha value is -2.67. The second-order valence-electron chi connectivity index (χ2n) is 3.28. The van der Waals surface area contributed by atoms with Crippen molar-refractivity contribution < 1.29 is 4.92 Å². The zero-order chi connectivity index (χ0) is 12.1. The SMILES string of the molecule is O=[N+]([O-])c1ccc(C#Cc2ccccc2)cn1. The number of rotatable bonds is 1. The molecule has 0 bridgehead atoms. The topological polar surface area (TPSA) is 56.0 Å². The third-order valence-corrected chi connectivity index (χ3v) is 2.06. The highest BCUT2D eigenvalue weighted by Gasteiger charge is 2.04. The van der Waals surface area contributed by atoms with Crippen LogP contribution in [0.5, 0.6) is 0 Å². The van der Waals surface area contributed by atoms with E-state index in [1.165, 1.54) is 12.3 Å². The largest absolute Gasteiger partial charge is 0.363 e. The molecule has 1 aromatic carbocycles. The number of hydrogen-bond acceptors (Lipinski definition) is 3. The van der Waals surface area contributed by atoms with Crippen molar-refractivity contribution >= 4 is 5.82 Å². The van der Waals surface area contributed by atoms with Crippen molar-refractivity contribution in [2.75, 3.05) is 0 Å². The van der Waals surface area contributed by atoms with Gasteiger partial charge >= 0.3 is 5.82 Å². The Morgan fingerprint density at radius 3 is 2.29 bits per heavy atom. The number of hydrogen-bond donors (Lipinski definition) is 0. The monoisotopic (exact) mass is 224 g/mol. The van der Waals surface area contributed by atoms with Crippen LogP contribution in [-0.4, -0.2) is 9.91 Å². The fourth-order valence-electron chi connectivity index (χ4n) is 1.23. The van der Waals surface area contributed by atoms with Crippen LogP contribution in [0.4, 0.5) is 5.82 Å². The van der Waals surface area contributed by atoms with Gasteiger partial charge in [-0.3, -0.25) is 0 Å². The van der Waals surface area contributed by atoms with Gasteiger partial charge in [0.05, 0.1) is 5.56 Å². The molecule has 0 N–H and O–H groups in total. The van der Waals surface area contributed by atoms with Crippen LogP contribution in [0, 0.1) is 22.0 Å². The molecule has 0 saturated carbocycles. The van der Waals surface area contributed by atoms with E-state index in [2.05, 4.69) is 16.8 Å². The molecule has 4 nitrogen and oxygen atoms in total. The van der Waals surface area contributed by atoms with Crippen molar-refractivity contribution in [1.29, 1.82) is 0 Å². The average Bonchev–Trinajstić information content (AvgIpc) is 2.38.